The second-order valence-electron chi connectivity index (χ2n) is 3.11. The van der Waals surface area contributed by atoms with E-state index in [1.165, 1.54) is 0 Å². The molecule has 0 spiro atoms. The average molecular weight is 224 g/mol. The summed E-state index contributed by atoms with van der Waals surface area (Å²) in [4.78, 5) is 19.1. The van der Waals surface area contributed by atoms with E-state index in [1.54, 1.807) is 19.3 Å². The first-order valence-corrected chi connectivity index (χ1v) is 5.35. The smallest absolute Gasteiger partial charge is 0.316 e. The summed E-state index contributed by atoms with van der Waals surface area (Å²) >= 11 is 0. The first-order chi connectivity index (χ1) is 7.76. The number of aromatic nitrogens is 2. The molecule has 1 aromatic heterocycles. The Hall–Kier alpha value is -1.65. The van der Waals surface area contributed by atoms with Gasteiger partial charge in [0.2, 0.25) is 0 Å². The minimum atomic E-state index is -0.198. The third kappa shape index (κ3) is 4.25. The molecule has 0 bridgehead atoms. The molecule has 1 aromatic rings. The minimum Gasteiger partial charge on any atom is -0.466 e. The predicted octanol–water partition coefficient (Wildman–Crippen LogP) is 1.37. The number of hydrogen-bond donors (Lipinski definition) is 0. The zero-order chi connectivity index (χ0) is 11.8. The Bertz CT molecular complexity index is 325. The van der Waals surface area contributed by atoms with Crippen LogP contribution in [0.4, 0.5) is 0 Å². The second-order valence-corrected chi connectivity index (χ2v) is 3.11. The molecule has 0 atom stereocenters. The summed E-state index contributed by atoms with van der Waals surface area (Å²) in [5.74, 6) is -0.198. The molecule has 0 saturated carbocycles. The van der Waals surface area contributed by atoms with Gasteiger partial charge in [-0.3, -0.25) is 4.79 Å². The highest BCUT2D eigenvalue weighted by atomic mass is 16.5. The Morgan fingerprint density at radius 1 is 1.25 bits per heavy atom. The van der Waals surface area contributed by atoms with Crippen molar-refractivity contribution in [3.63, 3.8) is 0 Å². The van der Waals surface area contributed by atoms with Crippen LogP contribution in [0.25, 0.3) is 0 Å². The Morgan fingerprint density at radius 3 is 2.50 bits per heavy atom. The van der Waals surface area contributed by atoms with E-state index in [2.05, 4.69) is 9.97 Å². The van der Waals surface area contributed by atoms with Crippen molar-refractivity contribution in [2.45, 2.75) is 26.7 Å². The van der Waals surface area contributed by atoms with Crippen LogP contribution >= 0.6 is 0 Å². The maximum absolute atomic E-state index is 11.1. The highest BCUT2D eigenvalue weighted by Crippen LogP contribution is 2.05. The number of esters is 1. The third-order valence-corrected chi connectivity index (χ3v) is 1.88. The van der Waals surface area contributed by atoms with E-state index in [0.29, 0.717) is 32.1 Å². The van der Waals surface area contributed by atoms with Gasteiger partial charge in [0.1, 0.15) is 0 Å². The van der Waals surface area contributed by atoms with Gasteiger partial charge in [0.05, 0.1) is 13.2 Å². The SMILES string of the molecule is CCOC(=O)CCc1cnc(OCC)nc1. The van der Waals surface area contributed by atoms with Gasteiger partial charge in [-0.25, -0.2) is 9.97 Å². The monoisotopic (exact) mass is 224 g/mol. The van der Waals surface area contributed by atoms with Crippen LogP contribution < -0.4 is 4.74 Å². The summed E-state index contributed by atoms with van der Waals surface area (Å²) in [6.45, 7) is 4.62. The van der Waals surface area contributed by atoms with Crippen LogP contribution in [0.3, 0.4) is 0 Å². The quantitative estimate of drug-likeness (QED) is 0.683. The summed E-state index contributed by atoms with van der Waals surface area (Å²) in [7, 11) is 0. The Morgan fingerprint density at radius 2 is 1.94 bits per heavy atom. The van der Waals surface area contributed by atoms with Crippen LogP contribution in [0, 0.1) is 0 Å². The lowest BCUT2D eigenvalue weighted by atomic mass is 10.2. The number of rotatable bonds is 6. The van der Waals surface area contributed by atoms with Crippen molar-refractivity contribution < 1.29 is 14.3 Å². The fourth-order valence-electron chi connectivity index (χ4n) is 1.16. The fraction of sp³-hybridized carbons (Fsp3) is 0.545. The van der Waals surface area contributed by atoms with Crippen molar-refractivity contribution in [2.24, 2.45) is 0 Å². The molecule has 0 aliphatic carbocycles. The second kappa shape index (κ2) is 6.76. The normalized spacial score (nSPS) is 9.88. The number of nitrogens with zero attached hydrogens (tertiary/aromatic N) is 2. The maximum atomic E-state index is 11.1. The van der Waals surface area contributed by atoms with Gasteiger partial charge in [-0.2, -0.15) is 0 Å². The first-order valence-electron chi connectivity index (χ1n) is 5.35. The molecular formula is C11H16N2O3. The zero-order valence-electron chi connectivity index (χ0n) is 9.60. The van der Waals surface area contributed by atoms with Gasteiger partial charge in [0.15, 0.2) is 0 Å². The van der Waals surface area contributed by atoms with Crippen molar-refractivity contribution in [2.75, 3.05) is 13.2 Å². The topological polar surface area (TPSA) is 61.3 Å². The molecule has 0 fully saturated rings. The van der Waals surface area contributed by atoms with Crippen LogP contribution in [0.15, 0.2) is 12.4 Å². The highest BCUT2D eigenvalue weighted by Gasteiger charge is 2.03. The van der Waals surface area contributed by atoms with Crippen LogP contribution in [0.5, 0.6) is 6.01 Å². The molecule has 0 unspecified atom stereocenters. The Labute approximate surface area is 94.8 Å². The number of aryl methyl sites for hydroxylation is 1. The van der Waals surface area contributed by atoms with Gasteiger partial charge in [0, 0.05) is 18.8 Å². The van der Waals surface area contributed by atoms with E-state index in [-0.39, 0.29) is 5.97 Å². The molecule has 1 heterocycles. The van der Waals surface area contributed by atoms with Gasteiger partial charge < -0.3 is 9.47 Å². The molecule has 0 aliphatic rings. The molecule has 0 aliphatic heterocycles. The predicted molar refractivity (Wildman–Crippen MR) is 58.2 cm³/mol. The molecule has 0 N–H and O–H groups in total. The lowest BCUT2D eigenvalue weighted by Gasteiger charge is -2.03. The van der Waals surface area contributed by atoms with Crippen molar-refractivity contribution in [3.05, 3.63) is 18.0 Å². The first kappa shape index (κ1) is 12.4. The van der Waals surface area contributed by atoms with E-state index >= 15 is 0 Å². The summed E-state index contributed by atoms with van der Waals surface area (Å²) in [6.07, 6.45) is 4.27. The molecule has 0 saturated heterocycles. The minimum absolute atomic E-state index is 0.198. The molecule has 88 valence electrons. The molecule has 0 aromatic carbocycles. The lowest BCUT2D eigenvalue weighted by Crippen LogP contribution is -2.05. The summed E-state index contributed by atoms with van der Waals surface area (Å²) in [5, 5.41) is 0. The molecular weight excluding hydrogens is 208 g/mol. The van der Waals surface area contributed by atoms with Crippen LogP contribution in [0.2, 0.25) is 0 Å². The van der Waals surface area contributed by atoms with Gasteiger partial charge in [0.25, 0.3) is 0 Å². The van der Waals surface area contributed by atoms with Crippen LogP contribution in [-0.4, -0.2) is 29.2 Å². The summed E-state index contributed by atoms with van der Waals surface area (Å²) < 4.78 is 9.93. The van der Waals surface area contributed by atoms with E-state index in [1.807, 2.05) is 6.92 Å². The fourth-order valence-corrected chi connectivity index (χ4v) is 1.16. The van der Waals surface area contributed by atoms with E-state index in [4.69, 9.17) is 9.47 Å². The van der Waals surface area contributed by atoms with E-state index in [0.717, 1.165) is 5.56 Å². The summed E-state index contributed by atoms with van der Waals surface area (Å²) in [5.41, 5.74) is 0.900. The van der Waals surface area contributed by atoms with Crippen molar-refractivity contribution >= 4 is 5.97 Å². The largest absolute Gasteiger partial charge is 0.466 e. The Balaban J connectivity index is 2.40. The van der Waals surface area contributed by atoms with Crippen LogP contribution in [0.1, 0.15) is 25.8 Å². The lowest BCUT2D eigenvalue weighted by molar-refractivity contribution is -0.143. The van der Waals surface area contributed by atoms with Gasteiger partial charge >= 0.3 is 12.0 Å². The number of carbonyl (C=O) groups is 1. The molecule has 1 rings (SSSR count). The highest BCUT2D eigenvalue weighted by molar-refractivity contribution is 5.69. The zero-order valence-corrected chi connectivity index (χ0v) is 9.60. The molecule has 16 heavy (non-hydrogen) atoms. The number of ether oxygens (including phenoxy) is 2. The third-order valence-electron chi connectivity index (χ3n) is 1.88. The average Bonchev–Trinajstić information content (AvgIpc) is 2.29. The number of hydrogen-bond acceptors (Lipinski definition) is 5. The maximum Gasteiger partial charge on any atom is 0.316 e. The van der Waals surface area contributed by atoms with Gasteiger partial charge in [-0.05, 0) is 25.8 Å². The van der Waals surface area contributed by atoms with Gasteiger partial charge in [-0.15, -0.1) is 0 Å². The molecule has 0 radical (unpaired) electrons. The number of carbonyl (C=O) groups excluding carboxylic acids is 1. The van der Waals surface area contributed by atoms with Crippen molar-refractivity contribution in [1.29, 1.82) is 0 Å². The Kier molecular flexibility index (Phi) is 5.25. The standard InChI is InChI=1S/C11H16N2O3/c1-3-15-10(14)6-5-9-7-12-11(13-8-9)16-4-2/h7-8H,3-6H2,1-2H3. The van der Waals surface area contributed by atoms with Crippen molar-refractivity contribution in [1.82, 2.24) is 9.97 Å². The van der Waals surface area contributed by atoms with E-state index < -0.39 is 0 Å². The van der Waals surface area contributed by atoms with Crippen LogP contribution in [-0.2, 0) is 16.0 Å². The summed E-state index contributed by atoms with van der Waals surface area (Å²) in [6, 6.07) is 0.363. The molecule has 5 heteroatoms. The van der Waals surface area contributed by atoms with Gasteiger partial charge in [-0.1, -0.05) is 0 Å². The van der Waals surface area contributed by atoms with E-state index in [9.17, 15) is 4.79 Å². The molecule has 5 nitrogen and oxygen atoms in total. The molecule has 0 amide bonds. The van der Waals surface area contributed by atoms with Crippen molar-refractivity contribution in [3.8, 4) is 6.01 Å².